The van der Waals surface area contributed by atoms with E-state index in [1.807, 2.05) is 40.7 Å². The number of hydrogen-bond acceptors (Lipinski definition) is 4. The Morgan fingerprint density at radius 1 is 0.919 bits per heavy atom. The Bertz CT molecular complexity index is 954. The molecule has 0 radical (unpaired) electrons. The summed E-state index contributed by atoms with van der Waals surface area (Å²) in [5, 5.41) is 0. The molecule has 0 aromatic heterocycles. The standard InChI is InChI=1S/C31H48N2O4/c1-10-24(8)16-15-17-25(9)18-20-27(23(6)7)28-22-26(36-30(34)32(11-2)12-3)19-21-29(28)37-31(35)33(13-4)14-5/h10,15-17,19,21-23,27H,11-14,18,20H2,1-9H3. The molecular weight excluding hydrogens is 464 g/mol. The summed E-state index contributed by atoms with van der Waals surface area (Å²) >= 11 is 0. The van der Waals surface area contributed by atoms with Crippen LogP contribution in [0.4, 0.5) is 9.59 Å². The number of nitrogens with zero attached hydrogens (tertiary/aromatic N) is 2. The first-order chi connectivity index (χ1) is 17.6. The first-order valence-corrected chi connectivity index (χ1v) is 13.7. The van der Waals surface area contributed by atoms with E-state index in [0.717, 1.165) is 18.4 Å². The molecule has 0 saturated carbocycles. The van der Waals surface area contributed by atoms with Gasteiger partial charge in [-0.25, -0.2) is 9.59 Å². The minimum absolute atomic E-state index is 0.108. The quantitative estimate of drug-likeness (QED) is 0.249. The smallest absolute Gasteiger partial charge is 0.410 e. The second-order valence-corrected chi connectivity index (χ2v) is 9.57. The molecule has 0 bridgehead atoms. The topological polar surface area (TPSA) is 59.1 Å². The molecule has 37 heavy (non-hydrogen) atoms. The van der Waals surface area contributed by atoms with Crippen molar-refractivity contribution >= 4 is 12.2 Å². The number of amides is 2. The van der Waals surface area contributed by atoms with E-state index in [1.165, 1.54) is 11.1 Å². The van der Waals surface area contributed by atoms with Crippen LogP contribution in [0.5, 0.6) is 11.5 Å². The molecule has 0 saturated heterocycles. The Kier molecular flexibility index (Phi) is 14.4. The largest absolute Gasteiger partial charge is 0.415 e. The number of carbonyl (C=O) groups excluding carboxylic acids is 2. The van der Waals surface area contributed by atoms with Crippen molar-refractivity contribution in [2.45, 2.75) is 81.1 Å². The highest BCUT2D eigenvalue weighted by Gasteiger charge is 2.24. The number of carbonyl (C=O) groups is 2. The van der Waals surface area contributed by atoms with E-state index in [1.54, 1.807) is 21.9 Å². The summed E-state index contributed by atoms with van der Waals surface area (Å²) in [6.07, 6.45) is 9.42. The van der Waals surface area contributed by atoms with Gasteiger partial charge in [-0.15, -0.1) is 0 Å². The first kappa shape index (κ1) is 32.0. The van der Waals surface area contributed by atoms with E-state index in [9.17, 15) is 9.59 Å². The van der Waals surface area contributed by atoms with Gasteiger partial charge in [-0.2, -0.15) is 0 Å². The van der Waals surface area contributed by atoms with Crippen LogP contribution in [0.15, 0.2) is 53.6 Å². The third-order valence-electron chi connectivity index (χ3n) is 6.68. The van der Waals surface area contributed by atoms with Gasteiger partial charge in [-0.05, 0) is 91.3 Å². The van der Waals surface area contributed by atoms with Gasteiger partial charge in [0.15, 0.2) is 0 Å². The minimum atomic E-state index is -0.382. The van der Waals surface area contributed by atoms with E-state index in [0.29, 0.717) is 37.7 Å². The van der Waals surface area contributed by atoms with E-state index >= 15 is 0 Å². The molecule has 0 aliphatic carbocycles. The summed E-state index contributed by atoms with van der Waals surface area (Å²) in [6, 6.07) is 5.32. The zero-order chi connectivity index (χ0) is 28.0. The zero-order valence-electron chi connectivity index (χ0n) is 24.5. The highest BCUT2D eigenvalue weighted by molar-refractivity contribution is 5.72. The van der Waals surface area contributed by atoms with Crippen molar-refractivity contribution in [3.63, 3.8) is 0 Å². The molecule has 1 aromatic rings. The molecule has 1 atom stereocenters. The zero-order valence-corrected chi connectivity index (χ0v) is 24.5. The molecule has 2 amide bonds. The van der Waals surface area contributed by atoms with E-state index in [4.69, 9.17) is 9.47 Å². The molecule has 1 aromatic carbocycles. The SMILES string of the molecule is CC=C(C)C=CC=C(C)CCC(c1cc(OC(=O)N(CC)CC)ccc1OC(=O)N(CC)CC)C(C)C. The molecule has 206 valence electrons. The fourth-order valence-corrected chi connectivity index (χ4v) is 4.04. The highest BCUT2D eigenvalue weighted by Crippen LogP contribution is 2.39. The number of allylic oxidation sites excluding steroid dienone is 6. The van der Waals surface area contributed by atoms with Crippen molar-refractivity contribution < 1.29 is 19.1 Å². The molecular formula is C31H48N2O4. The summed E-state index contributed by atoms with van der Waals surface area (Å²) in [4.78, 5) is 28.7. The van der Waals surface area contributed by atoms with Crippen molar-refractivity contribution in [3.8, 4) is 11.5 Å². The van der Waals surface area contributed by atoms with Crippen molar-refractivity contribution in [3.05, 3.63) is 59.2 Å². The van der Waals surface area contributed by atoms with Crippen molar-refractivity contribution in [1.29, 1.82) is 0 Å². The average Bonchev–Trinajstić information content (AvgIpc) is 2.86. The van der Waals surface area contributed by atoms with Crippen molar-refractivity contribution in [2.24, 2.45) is 5.92 Å². The Balaban J connectivity index is 3.34. The molecule has 0 N–H and O–H groups in total. The monoisotopic (exact) mass is 512 g/mol. The van der Waals surface area contributed by atoms with Crippen LogP contribution in [0.2, 0.25) is 0 Å². The lowest BCUT2D eigenvalue weighted by molar-refractivity contribution is 0.154. The van der Waals surface area contributed by atoms with Crippen LogP contribution < -0.4 is 9.47 Å². The normalized spacial score (nSPS) is 13.1. The Morgan fingerprint density at radius 3 is 2.00 bits per heavy atom. The molecule has 0 fully saturated rings. The van der Waals surface area contributed by atoms with Gasteiger partial charge in [-0.1, -0.05) is 49.3 Å². The van der Waals surface area contributed by atoms with Gasteiger partial charge in [0.1, 0.15) is 11.5 Å². The van der Waals surface area contributed by atoms with Crippen LogP contribution in [0, 0.1) is 5.92 Å². The maximum absolute atomic E-state index is 12.8. The van der Waals surface area contributed by atoms with Gasteiger partial charge in [0.05, 0.1) is 0 Å². The molecule has 6 heteroatoms. The third-order valence-corrected chi connectivity index (χ3v) is 6.68. The predicted molar refractivity (Wildman–Crippen MR) is 153 cm³/mol. The number of rotatable bonds is 13. The lowest BCUT2D eigenvalue weighted by Gasteiger charge is -2.26. The summed E-state index contributed by atoms with van der Waals surface area (Å²) in [7, 11) is 0. The van der Waals surface area contributed by atoms with Gasteiger partial charge in [-0.3, -0.25) is 0 Å². The summed E-state index contributed by atoms with van der Waals surface area (Å²) in [5.41, 5.74) is 3.38. The third kappa shape index (κ3) is 10.5. The Labute approximate surface area is 225 Å². The minimum Gasteiger partial charge on any atom is -0.410 e. The fraction of sp³-hybridized carbons (Fsp3) is 0.548. The van der Waals surface area contributed by atoms with E-state index < -0.39 is 0 Å². The van der Waals surface area contributed by atoms with Gasteiger partial charge in [0.2, 0.25) is 0 Å². The Morgan fingerprint density at radius 2 is 1.49 bits per heavy atom. The number of hydrogen-bond donors (Lipinski definition) is 0. The van der Waals surface area contributed by atoms with Gasteiger partial charge in [0, 0.05) is 31.7 Å². The molecule has 0 aliphatic heterocycles. The molecule has 0 aliphatic rings. The fourth-order valence-electron chi connectivity index (χ4n) is 4.04. The second-order valence-electron chi connectivity index (χ2n) is 9.57. The molecule has 0 heterocycles. The lowest BCUT2D eigenvalue weighted by Crippen LogP contribution is -2.33. The van der Waals surface area contributed by atoms with Crippen LogP contribution in [0.3, 0.4) is 0 Å². The van der Waals surface area contributed by atoms with Crippen molar-refractivity contribution in [1.82, 2.24) is 9.80 Å². The van der Waals surface area contributed by atoms with Crippen LogP contribution in [0.25, 0.3) is 0 Å². The van der Waals surface area contributed by atoms with E-state index in [2.05, 4.69) is 52.0 Å². The predicted octanol–water partition coefficient (Wildman–Crippen LogP) is 8.36. The molecule has 0 spiro atoms. The summed E-state index contributed by atoms with van der Waals surface area (Å²) in [5.74, 6) is 1.37. The van der Waals surface area contributed by atoms with Gasteiger partial charge in [0.25, 0.3) is 0 Å². The first-order valence-electron chi connectivity index (χ1n) is 13.7. The summed E-state index contributed by atoms with van der Waals surface area (Å²) < 4.78 is 11.6. The number of ether oxygens (including phenoxy) is 2. The van der Waals surface area contributed by atoms with Crippen LogP contribution in [-0.2, 0) is 0 Å². The molecule has 1 rings (SSSR count). The van der Waals surface area contributed by atoms with Gasteiger partial charge < -0.3 is 19.3 Å². The highest BCUT2D eigenvalue weighted by atomic mass is 16.6. The van der Waals surface area contributed by atoms with Crippen LogP contribution in [-0.4, -0.2) is 48.2 Å². The van der Waals surface area contributed by atoms with E-state index in [-0.39, 0.29) is 24.0 Å². The van der Waals surface area contributed by atoms with Crippen molar-refractivity contribution in [2.75, 3.05) is 26.2 Å². The summed E-state index contributed by atoms with van der Waals surface area (Å²) in [6.45, 7) is 20.6. The molecule has 6 nitrogen and oxygen atoms in total. The second kappa shape index (κ2) is 16.7. The maximum atomic E-state index is 12.8. The maximum Gasteiger partial charge on any atom is 0.415 e. The van der Waals surface area contributed by atoms with Gasteiger partial charge >= 0.3 is 12.2 Å². The lowest BCUT2D eigenvalue weighted by atomic mass is 9.83. The Hall–Kier alpha value is -3.02. The number of benzene rings is 1. The average molecular weight is 513 g/mol. The molecule has 1 unspecified atom stereocenters. The van der Waals surface area contributed by atoms with Crippen LogP contribution in [0.1, 0.15) is 86.6 Å². The van der Waals surface area contributed by atoms with Crippen LogP contribution >= 0.6 is 0 Å².